The number of nitrogens with one attached hydrogen (secondary N) is 1. The Morgan fingerprint density at radius 1 is 1.00 bits per heavy atom. The number of nitrogens with zero attached hydrogens (tertiary/aromatic N) is 1. The number of hydrogen-bond donors (Lipinski definition) is 1. The molecule has 0 spiro atoms. The summed E-state index contributed by atoms with van der Waals surface area (Å²) in [7, 11) is 3.51. The van der Waals surface area contributed by atoms with Crippen LogP contribution in [0.15, 0.2) is 48.5 Å². The summed E-state index contributed by atoms with van der Waals surface area (Å²) in [4.78, 5) is 13.0. The summed E-state index contributed by atoms with van der Waals surface area (Å²) in [6.07, 6.45) is 0. The van der Waals surface area contributed by atoms with E-state index in [0.717, 1.165) is 21.7 Å². The van der Waals surface area contributed by atoms with Gasteiger partial charge in [-0.05, 0) is 28.8 Å². The van der Waals surface area contributed by atoms with E-state index in [4.69, 9.17) is 11.6 Å². The molecule has 1 amide bonds. The Kier molecular flexibility index (Phi) is 5.37. The van der Waals surface area contributed by atoms with Gasteiger partial charge in [-0.2, -0.15) is 0 Å². The van der Waals surface area contributed by atoms with Crippen LogP contribution in [0.25, 0.3) is 11.1 Å². The average molecular weight is 303 g/mol. The maximum absolute atomic E-state index is 11.5. The predicted octanol–water partition coefficient (Wildman–Crippen LogP) is 3.18. The van der Waals surface area contributed by atoms with Crippen LogP contribution < -0.4 is 5.32 Å². The zero-order chi connectivity index (χ0) is 15.2. The van der Waals surface area contributed by atoms with Crippen molar-refractivity contribution in [1.29, 1.82) is 0 Å². The van der Waals surface area contributed by atoms with Crippen molar-refractivity contribution in [2.24, 2.45) is 0 Å². The molecule has 0 saturated carbocycles. The summed E-state index contributed by atoms with van der Waals surface area (Å²) in [5, 5.41) is 3.88. The third-order valence-electron chi connectivity index (χ3n) is 3.24. The van der Waals surface area contributed by atoms with E-state index in [1.54, 1.807) is 19.0 Å². The van der Waals surface area contributed by atoms with Crippen LogP contribution in [0.5, 0.6) is 0 Å². The van der Waals surface area contributed by atoms with E-state index in [2.05, 4.69) is 29.6 Å². The predicted molar refractivity (Wildman–Crippen MR) is 87.3 cm³/mol. The highest BCUT2D eigenvalue weighted by Crippen LogP contribution is 2.21. The highest BCUT2D eigenvalue weighted by molar-refractivity contribution is 6.30. The van der Waals surface area contributed by atoms with Crippen molar-refractivity contribution in [2.45, 2.75) is 6.54 Å². The van der Waals surface area contributed by atoms with E-state index < -0.39 is 0 Å². The molecule has 0 atom stereocenters. The van der Waals surface area contributed by atoms with Gasteiger partial charge in [0.1, 0.15) is 0 Å². The van der Waals surface area contributed by atoms with Gasteiger partial charge in [0.25, 0.3) is 0 Å². The van der Waals surface area contributed by atoms with Gasteiger partial charge in [-0.3, -0.25) is 4.79 Å². The lowest BCUT2D eigenvalue weighted by Crippen LogP contribution is -2.32. The highest BCUT2D eigenvalue weighted by atomic mass is 35.5. The molecule has 0 aliphatic rings. The fourth-order valence-corrected chi connectivity index (χ4v) is 2.06. The second-order valence-corrected chi connectivity index (χ2v) is 5.53. The quantitative estimate of drug-likeness (QED) is 0.920. The molecule has 0 bridgehead atoms. The lowest BCUT2D eigenvalue weighted by molar-refractivity contribution is -0.127. The van der Waals surface area contributed by atoms with E-state index in [1.165, 1.54) is 0 Å². The molecule has 3 nitrogen and oxygen atoms in total. The second kappa shape index (κ2) is 7.25. The van der Waals surface area contributed by atoms with Crippen molar-refractivity contribution < 1.29 is 4.79 Å². The first kappa shape index (κ1) is 15.5. The molecule has 2 aromatic carbocycles. The number of rotatable bonds is 5. The molecule has 2 rings (SSSR count). The molecule has 1 N–H and O–H groups in total. The van der Waals surface area contributed by atoms with Crippen molar-refractivity contribution in [3.8, 4) is 11.1 Å². The number of carbonyl (C=O) groups excluding carboxylic acids is 1. The Balaban J connectivity index is 1.93. The zero-order valence-electron chi connectivity index (χ0n) is 12.3. The fraction of sp³-hybridized carbons (Fsp3) is 0.235. The Morgan fingerprint density at radius 2 is 1.52 bits per heavy atom. The summed E-state index contributed by atoms with van der Waals surface area (Å²) < 4.78 is 0. The number of carbonyl (C=O) groups is 1. The van der Waals surface area contributed by atoms with Gasteiger partial charge in [-0.1, -0.05) is 48.0 Å². The molecule has 0 saturated heterocycles. The Labute approximate surface area is 130 Å². The Hall–Kier alpha value is -1.84. The van der Waals surface area contributed by atoms with Crippen molar-refractivity contribution >= 4 is 17.5 Å². The first-order valence-corrected chi connectivity index (χ1v) is 7.20. The zero-order valence-corrected chi connectivity index (χ0v) is 13.0. The topological polar surface area (TPSA) is 32.3 Å². The van der Waals surface area contributed by atoms with Crippen LogP contribution >= 0.6 is 11.6 Å². The van der Waals surface area contributed by atoms with E-state index in [9.17, 15) is 4.79 Å². The molecule has 0 aliphatic carbocycles. The minimum atomic E-state index is 0.0767. The van der Waals surface area contributed by atoms with E-state index in [0.29, 0.717) is 13.1 Å². The number of likely N-dealkylation sites (N-methyl/N-ethyl adjacent to an activating group) is 1. The van der Waals surface area contributed by atoms with Crippen LogP contribution in [0.1, 0.15) is 5.56 Å². The molecular weight excluding hydrogens is 284 g/mol. The normalized spacial score (nSPS) is 10.4. The summed E-state index contributed by atoms with van der Waals surface area (Å²) in [5.41, 5.74) is 3.45. The van der Waals surface area contributed by atoms with Crippen LogP contribution in [0, 0.1) is 0 Å². The standard InChI is InChI=1S/C17H19ClN2O/c1-20(2)17(21)12-19-11-13-3-5-14(6-4-13)15-7-9-16(18)10-8-15/h3-10,19H,11-12H2,1-2H3. The van der Waals surface area contributed by atoms with Crippen molar-refractivity contribution in [3.63, 3.8) is 0 Å². The van der Waals surface area contributed by atoms with Gasteiger partial charge in [-0.15, -0.1) is 0 Å². The third-order valence-corrected chi connectivity index (χ3v) is 3.49. The van der Waals surface area contributed by atoms with Gasteiger partial charge in [0.2, 0.25) is 5.91 Å². The molecule has 0 aliphatic heterocycles. The number of halogens is 1. The van der Waals surface area contributed by atoms with Gasteiger partial charge in [-0.25, -0.2) is 0 Å². The molecule has 0 aromatic heterocycles. The summed E-state index contributed by atoms with van der Waals surface area (Å²) in [6, 6.07) is 16.1. The van der Waals surface area contributed by atoms with E-state index >= 15 is 0 Å². The number of hydrogen-bond acceptors (Lipinski definition) is 2. The molecule has 0 unspecified atom stereocenters. The lowest BCUT2D eigenvalue weighted by atomic mass is 10.0. The van der Waals surface area contributed by atoms with Gasteiger partial charge < -0.3 is 10.2 Å². The van der Waals surface area contributed by atoms with Crippen molar-refractivity contribution in [2.75, 3.05) is 20.6 Å². The van der Waals surface area contributed by atoms with Crippen LogP contribution in [-0.2, 0) is 11.3 Å². The second-order valence-electron chi connectivity index (χ2n) is 5.10. The van der Waals surface area contributed by atoms with E-state index in [-0.39, 0.29) is 5.91 Å². The van der Waals surface area contributed by atoms with Crippen molar-refractivity contribution in [3.05, 3.63) is 59.1 Å². The van der Waals surface area contributed by atoms with Gasteiger partial charge in [0.15, 0.2) is 0 Å². The largest absolute Gasteiger partial charge is 0.348 e. The fourth-order valence-electron chi connectivity index (χ4n) is 1.93. The molecule has 4 heteroatoms. The maximum atomic E-state index is 11.5. The highest BCUT2D eigenvalue weighted by Gasteiger charge is 2.03. The summed E-state index contributed by atoms with van der Waals surface area (Å²) >= 11 is 5.89. The number of amides is 1. The first-order chi connectivity index (χ1) is 10.1. The lowest BCUT2D eigenvalue weighted by Gasteiger charge is -2.11. The minimum absolute atomic E-state index is 0.0767. The van der Waals surface area contributed by atoms with Gasteiger partial charge in [0.05, 0.1) is 6.54 Å². The third kappa shape index (κ3) is 4.59. The van der Waals surface area contributed by atoms with Crippen LogP contribution in [0.4, 0.5) is 0 Å². The van der Waals surface area contributed by atoms with Crippen LogP contribution in [-0.4, -0.2) is 31.4 Å². The molecule has 0 radical (unpaired) electrons. The first-order valence-electron chi connectivity index (χ1n) is 6.82. The Bertz CT molecular complexity index is 591. The monoisotopic (exact) mass is 302 g/mol. The SMILES string of the molecule is CN(C)C(=O)CNCc1ccc(-c2ccc(Cl)cc2)cc1. The van der Waals surface area contributed by atoms with Gasteiger partial charge in [0, 0.05) is 25.7 Å². The Morgan fingerprint density at radius 3 is 2.05 bits per heavy atom. The molecule has 0 fully saturated rings. The molecule has 110 valence electrons. The molecule has 2 aromatic rings. The minimum Gasteiger partial charge on any atom is -0.348 e. The van der Waals surface area contributed by atoms with E-state index in [1.807, 2.05) is 24.3 Å². The summed E-state index contributed by atoms with van der Waals surface area (Å²) in [5.74, 6) is 0.0767. The molecule has 21 heavy (non-hydrogen) atoms. The maximum Gasteiger partial charge on any atom is 0.236 e. The molecular formula is C17H19ClN2O. The molecule has 0 heterocycles. The van der Waals surface area contributed by atoms with Gasteiger partial charge >= 0.3 is 0 Å². The van der Waals surface area contributed by atoms with Crippen LogP contribution in [0.2, 0.25) is 5.02 Å². The smallest absolute Gasteiger partial charge is 0.236 e. The number of benzene rings is 2. The average Bonchev–Trinajstić information content (AvgIpc) is 2.48. The summed E-state index contributed by atoms with van der Waals surface area (Å²) in [6.45, 7) is 1.03. The van der Waals surface area contributed by atoms with Crippen molar-refractivity contribution in [1.82, 2.24) is 10.2 Å². The van der Waals surface area contributed by atoms with Crippen LogP contribution in [0.3, 0.4) is 0 Å².